The molecule has 1 unspecified atom stereocenters. The maximum absolute atomic E-state index is 11.7. The molecule has 0 aliphatic rings. The molecule has 0 bridgehead atoms. The fourth-order valence-corrected chi connectivity index (χ4v) is 1.98. The highest BCUT2D eigenvalue weighted by Gasteiger charge is 2.23. The van der Waals surface area contributed by atoms with Crippen molar-refractivity contribution in [3.8, 4) is 0 Å². The molecule has 21 heavy (non-hydrogen) atoms. The molecule has 0 saturated heterocycles. The van der Waals surface area contributed by atoms with E-state index < -0.39 is 23.9 Å². The number of nitrogens with zero attached hydrogens (tertiary/aromatic N) is 1. The molecule has 122 valence electrons. The summed E-state index contributed by atoms with van der Waals surface area (Å²) in [5.74, 6) is -1.80. The van der Waals surface area contributed by atoms with Crippen LogP contribution in [0.25, 0.3) is 0 Å². The molecule has 0 radical (unpaired) electrons. The smallest absolute Gasteiger partial charge is 0.326 e. The summed E-state index contributed by atoms with van der Waals surface area (Å²) in [5.41, 5.74) is 4.82. The van der Waals surface area contributed by atoms with Crippen molar-refractivity contribution in [1.82, 2.24) is 15.5 Å². The molecule has 0 fully saturated rings. The molecule has 0 aromatic carbocycles. The zero-order chi connectivity index (χ0) is 16.6. The third-order valence-electron chi connectivity index (χ3n) is 2.75. The lowest BCUT2D eigenvalue weighted by atomic mass is 9.93. The second-order valence-electron chi connectivity index (χ2n) is 6.12. The molecule has 0 aliphatic carbocycles. The van der Waals surface area contributed by atoms with Gasteiger partial charge in [-0.25, -0.2) is 9.59 Å². The first kappa shape index (κ1) is 19.2. The average Bonchev–Trinajstić information content (AvgIpc) is 2.29. The Balaban J connectivity index is 4.32. The van der Waals surface area contributed by atoms with Crippen LogP contribution in [0.5, 0.6) is 0 Å². The molecule has 1 atom stereocenters. The minimum Gasteiger partial charge on any atom is -0.480 e. The quantitative estimate of drug-likeness (QED) is 0.461. The van der Waals surface area contributed by atoms with Crippen LogP contribution in [0.1, 0.15) is 26.7 Å². The second-order valence-corrected chi connectivity index (χ2v) is 6.12. The number of hydrogen-bond acceptors (Lipinski definition) is 4. The second kappa shape index (κ2) is 8.46. The number of carboxylic acid groups (broad SMARTS) is 1. The Bertz CT molecular complexity index is 382. The first-order valence-electron chi connectivity index (χ1n) is 6.74. The van der Waals surface area contributed by atoms with E-state index in [1.165, 1.54) is 0 Å². The number of aliphatic carboxylic acids is 1. The number of hydrogen-bond donors (Lipinski definition) is 4. The molecular weight excluding hydrogens is 276 g/mol. The fourth-order valence-electron chi connectivity index (χ4n) is 1.98. The summed E-state index contributed by atoms with van der Waals surface area (Å²) in [6.07, 6.45) is -0.122. The van der Waals surface area contributed by atoms with E-state index >= 15 is 0 Å². The molecule has 0 aromatic rings. The standard InChI is InChI=1S/C13H26N4O4/c1-13(2,8-17(3)4)7-15-12(21)16-9(11(19)20)5-6-10(14)18/h9H,5-8H2,1-4H3,(H2,14,18)(H,19,20)(H2,15,16,21). The lowest BCUT2D eigenvalue weighted by Gasteiger charge is -2.28. The fraction of sp³-hybridized carbons (Fsp3) is 0.769. The first-order valence-corrected chi connectivity index (χ1v) is 6.74. The molecule has 0 aromatic heterocycles. The Morgan fingerprint density at radius 2 is 1.86 bits per heavy atom. The van der Waals surface area contributed by atoms with Crippen LogP contribution in [0.3, 0.4) is 0 Å². The largest absolute Gasteiger partial charge is 0.480 e. The van der Waals surface area contributed by atoms with Crippen LogP contribution < -0.4 is 16.4 Å². The SMILES string of the molecule is CN(C)CC(C)(C)CNC(=O)NC(CCC(N)=O)C(=O)O. The van der Waals surface area contributed by atoms with Crippen LogP contribution in [-0.2, 0) is 9.59 Å². The Kier molecular flexibility index (Phi) is 7.72. The van der Waals surface area contributed by atoms with E-state index in [2.05, 4.69) is 10.6 Å². The Labute approximate surface area is 125 Å². The van der Waals surface area contributed by atoms with Crippen molar-refractivity contribution in [2.24, 2.45) is 11.1 Å². The van der Waals surface area contributed by atoms with Crippen LogP contribution >= 0.6 is 0 Å². The number of carboxylic acids is 1. The van der Waals surface area contributed by atoms with Crippen molar-refractivity contribution < 1.29 is 19.5 Å². The zero-order valence-electron chi connectivity index (χ0n) is 13.1. The number of carbonyl (C=O) groups is 3. The van der Waals surface area contributed by atoms with Gasteiger partial charge >= 0.3 is 12.0 Å². The number of amides is 3. The zero-order valence-corrected chi connectivity index (χ0v) is 13.1. The number of primary amides is 1. The molecule has 3 amide bonds. The van der Waals surface area contributed by atoms with Gasteiger partial charge < -0.3 is 26.4 Å². The minimum atomic E-state index is -1.20. The van der Waals surface area contributed by atoms with E-state index in [4.69, 9.17) is 10.8 Å². The number of carbonyl (C=O) groups excluding carboxylic acids is 2. The van der Waals surface area contributed by atoms with Crippen molar-refractivity contribution in [2.75, 3.05) is 27.2 Å². The van der Waals surface area contributed by atoms with E-state index in [-0.39, 0.29) is 18.3 Å². The average molecular weight is 302 g/mol. The monoisotopic (exact) mass is 302 g/mol. The van der Waals surface area contributed by atoms with Gasteiger partial charge in [0.05, 0.1) is 0 Å². The molecule has 5 N–H and O–H groups in total. The summed E-state index contributed by atoms with van der Waals surface area (Å²) in [6.45, 7) is 5.17. The summed E-state index contributed by atoms with van der Waals surface area (Å²) in [6, 6.07) is -1.70. The number of urea groups is 1. The Morgan fingerprint density at radius 1 is 1.29 bits per heavy atom. The van der Waals surface area contributed by atoms with E-state index in [1.54, 1.807) is 0 Å². The molecule has 8 heteroatoms. The highest BCUT2D eigenvalue weighted by atomic mass is 16.4. The van der Waals surface area contributed by atoms with Crippen molar-refractivity contribution in [3.63, 3.8) is 0 Å². The summed E-state index contributed by atoms with van der Waals surface area (Å²) >= 11 is 0. The molecule has 0 saturated carbocycles. The maximum Gasteiger partial charge on any atom is 0.326 e. The van der Waals surface area contributed by atoms with Gasteiger partial charge in [0.25, 0.3) is 0 Å². The van der Waals surface area contributed by atoms with E-state index in [1.807, 2.05) is 32.8 Å². The number of rotatable bonds is 9. The molecule has 0 rings (SSSR count). The van der Waals surface area contributed by atoms with Crippen molar-refractivity contribution in [2.45, 2.75) is 32.7 Å². The lowest BCUT2D eigenvalue weighted by molar-refractivity contribution is -0.139. The van der Waals surface area contributed by atoms with Crippen LogP contribution in [-0.4, -0.2) is 61.1 Å². The number of nitrogens with two attached hydrogens (primary N) is 1. The molecular formula is C13H26N4O4. The van der Waals surface area contributed by atoms with Crippen LogP contribution in [0, 0.1) is 5.41 Å². The van der Waals surface area contributed by atoms with Gasteiger partial charge in [-0.05, 0) is 25.9 Å². The highest BCUT2D eigenvalue weighted by Crippen LogP contribution is 2.13. The van der Waals surface area contributed by atoms with Gasteiger partial charge in [0, 0.05) is 19.5 Å². The molecule has 0 spiro atoms. The van der Waals surface area contributed by atoms with Crippen molar-refractivity contribution >= 4 is 17.9 Å². The predicted octanol–water partition coefficient (Wildman–Crippen LogP) is -0.408. The normalized spacial score (nSPS) is 12.8. The highest BCUT2D eigenvalue weighted by molar-refractivity contribution is 5.83. The molecule has 0 aliphatic heterocycles. The summed E-state index contributed by atoms with van der Waals surface area (Å²) < 4.78 is 0. The minimum absolute atomic E-state index is 0.0286. The van der Waals surface area contributed by atoms with Gasteiger partial charge in [0.2, 0.25) is 5.91 Å². The maximum atomic E-state index is 11.7. The van der Waals surface area contributed by atoms with Gasteiger partial charge in [-0.15, -0.1) is 0 Å². The predicted molar refractivity (Wildman–Crippen MR) is 78.7 cm³/mol. The summed E-state index contributed by atoms with van der Waals surface area (Å²) in [4.78, 5) is 35.4. The first-order chi connectivity index (χ1) is 9.53. The van der Waals surface area contributed by atoms with E-state index in [9.17, 15) is 14.4 Å². The van der Waals surface area contributed by atoms with Crippen LogP contribution in [0.15, 0.2) is 0 Å². The third-order valence-corrected chi connectivity index (χ3v) is 2.75. The van der Waals surface area contributed by atoms with Crippen LogP contribution in [0.2, 0.25) is 0 Å². The molecule has 8 nitrogen and oxygen atoms in total. The summed E-state index contributed by atoms with van der Waals surface area (Å²) in [7, 11) is 3.87. The Hall–Kier alpha value is -1.83. The molecule has 0 heterocycles. The number of nitrogens with one attached hydrogen (secondary N) is 2. The lowest BCUT2D eigenvalue weighted by Crippen LogP contribution is -2.49. The van der Waals surface area contributed by atoms with Gasteiger partial charge in [-0.1, -0.05) is 13.8 Å². The van der Waals surface area contributed by atoms with Crippen molar-refractivity contribution in [1.29, 1.82) is 0 Å². The van der Waals surface area contributed by atoms with E-state index in [0.29, 0.717) is 6.54 Å². The van der Waals surface area contributed by atoms with Crippen LogP contribution in [0.4, 0.5) is 4.79 Å². The van der Waals surface area contributed by atoms with Gasteiger partial charge in [-0.3, -0.25) is 4.79 Å². The van der Waals surface area contributed by atoms with Gasteiger partial charge in [0.1, 0.15) is 6.04 Å². The van der Waals surface area contributed by atoms with Crippen molar-refractivity contribution in [3.05, 3.63) is 0 Å². The summed E-state index contributed by atoms with van der Waals surface area (Å²) in [5, 5.41) is 14.0. The third kappa shape index (κ3) is 9.67. The Morgan fingerprint density at radius 3 is 2.29 bits per heavy atom. The van der Waals surface area contributed by atoms with E-state index in [0.717, 1.165) is 6.54 Å². The van der Waals surface area contributed by atoms with Gasteiger partial charge in [0.15, 0.2) is 0 Å². The topological polar surface area (TPSA) is 125 Å². The van der Waals surface area contributed by atoms with Gasteiger partial charge in [-0.2, -0.15) is 0 Å².